The highest BCUT2D eigenvalue weighted by Gasteiger charge is 2.24. The van der Waals surface area contributed by atoms with E-state index in [0.29, 0.717) is 43.5 Å². The summed E-state index contributed by atoms with van der Waals surface area (Å²) >= 11 is 0. The molecule has 0 aliphatic carbocycles. The summed E-state index contributed by atoms with van der Waals surface area (Å²) in [4.78, 5) is 11.2. The summed E-state index contributed by atoms with van der Waals surface area (Å²) in [5.74, 6) is 1.23. The Balaban J connectivity index is 2.28. The number of aliphatic imine (C=N–C) groups is 1. The summed E-state index contributed by atoms with van der Waals surface area (Å²) in [5, 5.41) is 18.8. The number of anilines is 1. The summed E-state index contributed by atoms with van der Waals surface area (Å²) in [5.41, 5.74) is 13.1. The lowest BCUT2D eigenvalue weighted by atomic mass is 9.88. The number of nitrogens with zero attached hydrogens (tertiary/aromatic N) is 3. The van der Waals surface area contributed by atoms with Crippen molar-refractivity contribution in [3.05, 3.63) is 53.7 Å². The Hall–Kier alpha value is -3.23. The van der Waals surface area contributed by atoms with E-state index in [-0.39, 0.29) is 5.84 Å². The van der Waals surface area contributed by atoms with Crippen molar-refractivity contribution >= 4 is 23.7 Å². The molecule has 0 bridgehead atoms. The molecule has 8 nitrogen and oxygen atoms in total. The first-order valence-electron chi connectivity index (χ1n) is 9.78. The van der Waals surface area contributed by atoms with Gasteiger partial charge in [-0.15, -0.1) is 0 Å². The lowest BCUT2D eigenvalue weighted by Gasteiger charge is -2.29. The zero-order valence-corrected chi connectivity index (χ0v) is 17.3. The Labute approximate surface area is 176 Å². The third kappa shape index (κ3) is 4.67. The molecule has 2 heterocycles. The molecule has 0 amide bonds. The first-order chi connectivity index (χ1) is 14.3. The van der Waals surface area contributed by atoms with E-state index in [1.165, 1.54) is 18.5 Å². The molecule has 6 N–H and O–H groups in total. The van der Waals surface area contributed by atoms with Gasteiger partial charge in [-0.3, -0.25) is 0 Å². The normalized spacial score (nSPS) is 15.6. The zero-order valence-electron chi connectivity index (χ0n) is 17.3. The Bertz CT molecular complexity index is 972. The predicted octanol–water partition coefficient (Wildman–Crippen LogP) is 2.27. The summed E-state index contributed by atoms with van der Waals surface area (Å²) in [6.45, 7) is 6.10. The standard InChI is InChI=1S/C22H28N6O2/c1-22(2,29)18-6-4-3-5-15(18)16-13-20(28-9-11-30-12-10-28)27-21(17(16)14-24)26-19(25)7-8-23/h3-8,13-14,24,29H,9-12,23H2,1-2H3,(H2,25,26,27)/b8-7-,24-14?. The van der Waals surface area contributed by atoms with Gasteiger partial charge in [0, 0.05) is 24.9 Å². The molecule has 1 aromatic heterocycles. The lowest BCUT2D eigenvalue weighted by molar-refractivity contribution is 0.0792. The highest BCUT2D eigenvalue weighted by molar-refractivity contribution is 5.99. The van der Waals surface area contributed by atoms with Crippen LogP contribution in [-0.2, 0) is 10.3 Å². The number of morpholine rings is 1. The van der Waals surface area contributed by atoms with Crippen LogP contribution in [0.4, 0.5) is 11.6 Å². The van der Waals surface area contributed by atoms with Crippen LogP contribution in [-0.4, -0.2) is 48.4 Å². The van der Waals surface area contributed by atoms with Crippen molar-refractivity contribution in [2.45, 2.75) is 19.4 Å². The second kappa shape index (κ2) is 9.06. The minimum Gasteiger partial charge on any atom is -0.404 e. The highest BCUT2D eigenvalue weighted by Crippen LogP contribution is 2.37. The number of hydrogen-bond acceptors (Lipinski definition) is 7. The minimum atomic E-state index is -1.07. The van der Waals surface area contributed by atoms with E-state index in [1.54, 1.807) is 13.8 Å². The Morgan fingerprint density at radius 2 is 1.97 bits per heavy atom. The van der Waals surface area contributed by atoms with E-state index in [1.807, 2.05) is 30.3 Å². The molecule has 1 fully saturated rings. The third-order valence-electron chi connectivity index (χ3n) is 4.88. The van der Waals surface area contributed by atoms with Crippen molar-refractivity contribution in [2.24, 2.45) is 16.5 Å². The van der Waals surface area contributed by atoms with Crippen LogP contribution < -0.4 is 16.4 Å². The molecule has 8 heteroatoms. The Morgan fingerprint density at radius 3 is 2.60 bits per heavy atom. The van der Waals surface area contributed by atoms with Gasteiger partial charge in [0.05, 0.1) is 18.8 Å². The van der Waals surface area contributed by atoms with E-state index < -0.39 is 5.60 Å². The molecule has 158 valence electrons. The molecular formula is C22H28N6O2. The maximum atomic E-state index is 10.7. The van der Waals surface area contributed by atoms with Crippen LogP contribution in [0.2, 0.25) is 0 Å². The summed E-state index contributed by atoms with van der Waals surface area (Å²) in [6, 6.07) is 9.53. The van der Waals surface area contributed by atoms with Gasteiger partial charge in [0.25, 0.3) is 0 Å². The average Bonchev–Trinajstić information content (AvgIpc) is 2.73. The molecule has 1 aromatic carbocycles. The summed E-state index contributed by atoms with van der Waals surface area (Å²) < 4.78 is 5.46. The second-order valence-corrected chi connectivity index (χ2v) is 7.51. The molecule has 0 unspecified atom stereocenters. The molecule has 0 atom stereocenters. The first-order valence-corrected chi connectivity index (χ1v) is 9.78. The van der Waals surface area contributed by atoms with Gasteiger partial charge in [-0.05, 0) is 48.9 Å². The van der Waals surface area contributed by atoms with Crippen LogP contribution in [0.3, 0.4) is 0 Å². The molecular weight excluding hydrogens is 380 g/mol. The largest absolute Gasteiger partial charge is 0.404 e. The molecule has 3 rings (SSSR count). The van der Waals surface area contributed by atoms with Crippen LogP contribution in [0.25, 0.3) is 11.1 Å². The Kier molecular flexibility index (Phi) is 6.49. The SMILES string of the molecule is CC(C)(O)c1ccccc1-c1cc(N2CCOCC2)nc(/N=C(N)\C=C/N)c1C=N. The Morgan fingerprint density at radius 1 is 1.27 bits per heavy atom. The molecule has 1 aliphatic rings. The number of ether oxygens (including phenoxy) is 1. The average molecular weight is 409 g/mol. The quantitative estimate of drug-likeness (QED) is 0.428. The summed E-state index contributed by atoms with van der Waals surface area (Å²) in [7, 11) is 0. The number of nitrogens with two attached hydrogens (primary N) is 2. The van der Waals surface area contributed by atoms with E-state index in [2.05, 4.69) is 14.9 Å². The van der Waals surface area contributed by atoms with Gasteiger partial charge >= 0.3 is 0 Å². The van der Waals surface area contributed by atoms with Crippen molar-refractivity contribution in [3.63, 3.8) is 0 Å². The van der Waals surface area contributed by atoms with Crippen molar-refractivity contribution < 1.29 is 9.84 Å². The van der Waals surface area contributed by atoms with Crippen molar-refractivity contribution in [1.82, 2.24) is 4.98 Å². The number of rotatable bonds is 6. The van der Waals surface area contributed by atoms with E-state index in [4.69, 9.17) is 21.6 Å². The second-order valence-electron chi connectivity index (χ2n) is 7.51. The number of aliphatic hydroxyl groups is 1. The van der Waals surface area contributed by atoms with Gasteiger partial charge in [-0.25, -0.2) is 9.98 Å². The molecule has 0 radical (unpaired) electrons. The first kappa shape index (κ1) is 21.5. The van der Waals surface area contributed by atoms with Crippen LogP contribution in [0, 0.1) is 5.41 Å². The van der Waals surface area contributed by atoms with Gasteiger partial charge in [0.2, 0.25) is 0 Å². The number of aromatic nitrogens is 1. The lowest BCUT2D eigenvalue weighted by Crippen LogP contribution is -2.36. The zero-order chi connectivity index (χ0) is 21.7. The van der Waals surface area contributed by atoms with Crippen molar-refractivity contribution in [1.29, 1.82) is 5.41 Å². The molecule has 0 saturated carbocycles. The molecule has 30 heavy (non-hydrogen) atoms. The number of hydrogen-bond donors (Lipinski definition) is 4. The number of pyridine rings is 1. The van der Waals surface area contributed by atoms with Crippen LogP contribution in [0.5, 0.6) is 0 Å². The van der Waals surface area contributed by atoms with E-state index in [9.17, 15) is 5.11 Å². The van der Waals surface area contributed by atoms with E-state index >= 15 is 0 Å². The van der Waals surface area contributed by atoms with Gasteiger partial charge in [0.15, 0.2) is 5.82 Å². The van der Waals surface area contributed by atoms with Gasteiger partial charge in [-0.1, -0.05) is 24.3 Å². The number of amidine groups is 1. The highest BCUT2D eigenvalue weighted by atomic mass is 16.5. The third-order valence-corrected chi connectivity index (χ3v) is 4.88. The van der Waals surface area contributed by atoms with Crippen molar-refractivity contribution in [3.8, 4) is 11.1 Å². The smallest absolute Gasteiger partial charge is 0.165 e. The minimum absolute atomic E-state index is 0.189. The van der Waals surface area contributed by atoms with Crippen LogP contribution in [0.1, 0.15) is 25.0 Å². The molecule has 1 aliphatic heterocycles. The number of nitrogens with one attached hydrogen (secondary N) is 1. The maximum Gasteiger partial charge on any atom is 0.165 e. The monoisotopic (exact) mass is 408 g/mol. The maximum absolute atomic E-state index is 10.7. The fourth-order valence-electron chi connectivity index (χ4n) is 3.44. The topological polar surface area (TPSA) is 134 Å². The van der Waals surface area contributed by atoms with Gasteiger partial charge in [0.1, 0.15) is 11.7 Å². The fraction of sp³-hybridized carbons (Fsp3) is 0.318. The molecule has 2 aromatic rings. The van der Waals surface area contributed by atoms with Gasteiger partial charge < -0.3 is 31.6 Å². The fourth-order valence-corrected chi connectivity index (χ4v) is 3.44. The predicted molar refractivity (Wildman–Crippen MR) is 120 cm³/mol. The summed E-state index contributed by atoms with van der Waals surface area (Å²) in [6.07, 6.45) is 3.99. The van der Waals surface area contributed by atoms with Gasteiger partial charge in [-0.2, -0.15) is 0 Å². The molecule has 1 saturated heterocycles. The number of benzene rings is 1. The van der Waals surface area contributed by atoms with Crippen molar-refractivity contribution in [2.75, 3.05) is 31.2 Å². The molecule has 0 spiro atoms. The van der Waals surface area contributed by atoms with E-state index in [0.717, 1.165) is 16.7 Å². The van der Waals surface area contributed by atoms with Crippen LogP contribution in [0.15, 0.2) is 47.6 Å². The van der Waals surface area contributed by atoms with Crippen LogP contribution >= 0.6 is 0 Å².